The van der Waals surface area contributed by atoms with Crippen molar-refractivity contribution >= 4 is 28.1 Å². The number of ether oxygens (including phenoxy) is 1. The van der Waals surface area contributed by atoms with Crippen molar-refractivity contribution in [1.82, 2.24) is 5.43 Å². The van der Waals surface area contributed by atoms with Crippen molar-refractivity contribution in [2.75, 3.05) is 6.61 Å². The van der Waals surface area contributed by atoms with Gasteiger partial charge >= 0.3 is 0 Å². The van der Waals surface area contributed by atoms with E-state index in [1.165, 1.54) is 30.5 Å². The Morgan fingerprint density at radius 1 is 1.39 bits per heavy atom. The number of nitrogens with one attached hydrogen (secondary N) is 1. The SMILES string of the molecule is CCOc1cc(/C=N\NC(=O)c2ccc(F)cc2)cc(Br)c1O. The van der Waals surface area contributed by atoms with Crippen LogP contribution in [-0.2, 0) is 0 Å². The monoisotopic (exact) mass is 380 g/mol. The summed E-state index contributed by atoms with van der Waals surface area (Å²) in [7, 11) is 0. The largest absolute Gasteiger partial charge is 0.503 e. The fourth-order valence-corrected chi connectivity index (χ4v) is 2.22. The topological polar surface area (TPSA) is 70.9 Å². The molecular weight excluding hydrogens is 367 g/mol. The average Bonchev–Trinajstić information content (AvgIpc) is 2.53. The molecule has 120 valence electrons. The van der Waals surface area contributed by atoms with Gasteiger partial charge in [-0.3, -0.25) is 4.79 Å². The number of hydrogen-bond donors (Lipinski definition) is 2. The zero-order valence-corrected chi connectivity index (χ0v) is 13.8. The zero-order chi connectivity index (χ0) is 16.8. The number of benzene rings is 2. The Hall–Kier alpha value is -2.41. The summed E-state index contributed by atoms with van der Waals surface area (Å²) in [6, 6.07) is 8.35. The van der Waals surface area contributed by atoms with Crippen molar-refractivity contribution in [3.8, 4) is 11.5 Å². The lowest BCUT2D eigenvalue weighted by atomic mass is 10.2. The molecule has 0 radical (unpaired) electrons. The molecule has 0 atom stereocenters. The Labute approximate surface area is 140 Å². The number of aromatic hydroxyl groups is 1. The Bertz CT molecular complexity index is 733. The molecule has 2 aromatic rings. The van der Waals surface area contributed by atoms with E-state index in [2.05, 4.69) is 26.5 Å². The molecule has 0 aliphatic rings. The van der Waals surface area contributed by atoms with Crippen LogP contribution in [0.25, 0.3) is 0 Å². The van der Waals surface area contributed by atoms with Gasteiger partial charge in [0.2, 0.25) is 0 Å². The van der Waals surface area contributed by atoms with E-state index in [-0.39, 0.29) is 5.75 Å². The molecule has 0 aliphatic heterocycles. The lowest BCUT2D eigenvalue weighted by Gasteiger charge is -2.08. The van der Waals surface area contributed by atoms with Gasteiger partial charge in [-0.25, -0.2) is 9.82 Å². The van der Waals surface area contributed by atoms with Crippen molar-refractivity contribution in [2.45, 2.75) is 6.92 Å². The molecule has 0 saturated carbocycles. The van der Waals surface area contributed by atoms with E-state index in [0.29, 0.717) is 28.0 Å². The smallest absolute Gasteiger partial charge is 0.271 e. The van der Waals surface area contributed by atoms with Crippen molar-refractivity contribution in [3.05, 3.63) is 57.8 Å². The summed E-state index contributed by atoms with van der Waals surface area (Å²) in [5.41, 5.74) is 3.26. The highest BCUT2D eigenvalue weighted by atomic mass is 79.9. The summed E-state index contributed by atoms with van der Waals surface area (Å²) in [6.45, 7) is 2.21. The summed E-state index contributed by atoms with van der Waals surface area (Å²) >= 11 is 3.22. The molecule has 0 saturated heterocycles. The van der Waals surface area contributed by atoms with Gasteiger partial charge in [0.1, 0.15) is 5.82 Å². The molecule has 0 bridgehead atoms. The predicted molar refractivity (Wildman–Crippen MR) is 88.4 cm³/mol. The number of halogens is 2. The fourth-order valence-electron chi connectivity index (χ4n) is 1.77. The van der Waals surface area contributed by atoms with E-state index < -0.39 is 11.7 Å². The number of phenols is 1. The first-order chi connectivity index (χ1) is 11.0. The molecule has 23 heavy (non-hydrogen) atoms. The second kappa shape index (κ2) is 7.73. The van der Waals surface area contributed by atoms with Gasteiger partial charge in [-0.15, -0.1) is 0 Å². The standard InChI is InChI=1S/C16H14BrFN2O3/c1-2-23-14-8-10(7-13(17)15(14)21)9-19-20-16(22)11-3-5-12(18)6-4-11/h3-9,21H,2H2,1H3,(H,20,22)/b19-9-. The lowest BCUT2D eigenvalue weighted by Crippen LogP contribution is -2.17. The van der Waals surface area contributed by atoms with E-state index in [0.717, 1.165) is 0 Å². The van der Waals surface area contributed by atoms with Crippen LogP contribution in [0.5, 0.6) is 11.5 Å². The summed E-state index contributed by atoms with van der Waals surface area (Å²) in [5.74, 6) is -0.556. The maximum absolute atomic E-state index is 12.8. The summed E-state index contributed by atoms with van der Waals surface area (Å²) < 4.78 is 18.6. The lowest BCUT2D eigenvalue weighted by molar-refractivity contribution is 0.0955. The predicted octanol–water partition coefficient (Wildman–Crippen LogP) is 3.46. The fraction of sp³-hybridized carbons (Fsp3) is 0.125. The number of hydrogen-bond acceptors (Lipinski definition) is 4. The van der Waals surface area contributed by atoms with E-state index in [4.69, 9.17) is 4.74 Å². The highest BCUT2D eigenvalue weighted by molar-refractivity contribution is 9.10. The molecule has 5 nitrogen and oxygen atoms in total. The number of phenolic OH excluding ortho intramolecular Hbond substituents is 1. The van der Waals surface area contributed by atoms with Crippen LogP contribution >= 0.6 is 15.9 Å². The van der Waals surface area contributed by atoms with E-state index >= 15 is 0 Å². The minimum absolute atomic E-state index is 0.000604. The highest BCUT2D eigenvalue weighted by Crippen LogP contribution is 2.34. The van der Waals surface area contributed by atoms with E-state index in [1.807, 2.05) is 0 Å². The van der Waals surface area contributed by atoms with E-state index in [1.54, 1.807) is 19.1 Å². The van der Waals surface area contributed by atoms with Gasteiger partial charge in [0.25, 0.3) is 5.91 Å². The molecule has 0 heterocycles. The number of carbonyl (C=O) groups excluding carboxylic acids is 1. The second-order valence-corrected chi connectivity index (χ2v) is 5.34. The van der Waals surface area contributed by atoms with Crippen molar-refractivity contribution in [2.24, 2.45) is 5.10 Å². The van der Waals surface area contributed by atoms with Gasteiger partial charge < -0.3 is 9.84 Å². The highest BCUT2D eigenvalue weighted by Gasteiger charge is 2.08. The third-order valence-electron chi connectivity index (χ3n) is 2.84. The molecule has 0 aliphatic carbocycles. The minimum Gasteiger partial charge on any atom is -0.503 e. The number of hydrazone groups is 1. The molecule has 2 rings (SSSR count). The Morgan fingerprint density at radius 3 is 2.74 bits per heavy atom. The van der Waals surface area contributed by atoms with Crippen LogP contribution in [-0.4, -0.2) is 23.8 Å². The van der Waals surface area contributed by atoms with Gasteiger partial charge in [0, 0.05) is 5.56 Å². The van der Waals surface area contributed by atoms with Gasteiger partial charge in [-0.1, -0.05) is 0 Å². The number of carbonyl (C=O) groups is 1. The summed E-state index contributed by atoms with van der Waals surface area (Å²) in [5, 5.41) is 13.7. The van der Waals surface area contributed by atoms with Crippen molar-refractivity contribution in [1.29, 1.82) is 0 Å². The molecule has 7 heteroatoms. The molecule has 2 N–H and O–H groups in total. The molecule has 0 spiro atoms. The van der Waals surface area contributed by atoms with Gasteiger partial charge in [-0.05, 0) is 64.8 Å². The molecule has 0 unspecified atom stereocenters. The van der Waals surface area contributed by atoms with Crippen LogP contribution in [0.4, 0.5) is 4.39 Å². The van der Waals surface area contributed by atoms with Crippen molar-refractivity contribution < 1.29 is 19.0 Å². The van der Waals surface area contributed by atoms with Gasteiger partial charge in [0.05, 0.1) is 17.3 Å². The van der Waals surface area contributed by atoms with Crippen LogP contribution in [0.15, 0.2) is 46.0 Å². The molecule has 1 amide bonds. The quantitative estimate of drug-likeness (QED) is 0.616. The van der Waals surface area contributed by atoms with Crippen LogP contribution in [0.2, 0.25) is 0 Å². The van der Waals surface area contributed by atoms with Crippen LogP contribution in [0.1, 0.15) is 22.8 Å². The Kier molecular flexibility index (Phi) is 5.70. The normalized spacial score (nSPS) is 10.7. The number of amides is 1. The second-order valence-electron chi connectivity index (χ2n) is 4.49. The third kappa shape index (κ3) is 4.53. The maximum Gasteiger partial charge on any atom is 0.271 e. The third-order valence-corrected chi connectivity index (χ3v) is 3.44. The molecule has 2 aromatic carbocycles. The van der Waals surface area contributed by atoms with Crippen molar-refractivity contribution in [3.63, 3.8) is 0 Å². The first-order valence-corrected chi connectivity index (χ1v) is 7.55. The number of rotatable bonds is 5. The minimum atomic E-state index is -0.455. The molecular formula is C16H14BrFN2O3. The first-order valence-electron chi connectivity index (χ1n) is 6.75. The van der Waals surface area contributed by atoms with Crippen LogP contribution in [0, 0.1) is 5.82 Å². The van der Waals surface area contributed by atoms with E-state index in [9.17, 15) is 14.3 Å². The Morgan fingerprint density at radius 2 is 2.09 bits per heavy atom. The van der Waals surface area contributed by atoms with Crippen LogP contribution in [0.3, 0.4) is 0 Å². The summed E-state index contributed by atoms with van der Waals surface area (Å²) in [4.78, 5) is 11.8. The molecule has 0 aromatic heterocycles. The number of nitrogens with zero attached hydrogens (tertiary/aromatic N) is 1. The van der Waals surface area contributed by atoms with Gasteiger partial charge in [-0.2, -0.15) is 5.10 Å². The molecule has 0 fully saturated rings. The maximum atomic E-state index is 12.8. The zero-order valence-electron chi connectivity index (χ0n) is 12.2. The average molecular weight is 381 g/mol. The first kappa shape index (κ1) is 17.0. The van der Waals surface area contributed by atoms with Gasteiger partial charge in [0.15, 0.2) is 11.5 Å². The summed E-state index contributed by atoms with van der Waals surface area (Å²) in [6.07, 6.45) is 1.41. The van der Waals surface area contributed by atoms with Crippen LogP contribution < -0.4 is 10.2 Å². The Balaban J connectivity index is 2.08.